The van der Waals surface area contributed by atoms with E-state index >= 15 is 0 Å². The maximum Gasteiger partial charge on any atom is 0.229 e. The van der Waals surface area contributed by atoms with Gasteiger partial charge in [0.2, 0.25) is 5.89 Å². The maximum absolute atomic E-state index is 10.5. The summed E-state index contributed by atoms with van der Waals surface area (Å²) < 4.78 is 10.7. The van der Waals surface area contributed by atoms with Gasteiger partial charge in [-0.05, 0) is 20.3 Å². The molecule has 1 aliphatic rings. The molecule has 96 valence electrons. The van der Waals surface area contributed by atoms with Crippen LogP contribution in [-0.4, -0.2) is 33.1 Å². The van der Waals surface area contributed by atoms with Gasteiger partial charge in [0.25, 0.3) is 0 Å². The molecule has 0 unspecified atom stereocenters. The molecule has 1 N–H and O–H groups in total. The summed E-state index contributed by atoms with van der Waals surface area (Å²) in [4.78, 5) is 4.27. The van der Waals surface area contributed by atoms with Crippen molar-refractivity contribution in [2.45, 2.75) is 64.3 Å². The Morgan fingerprint density at radius 1 is 1.47 bits per heavy atom. The maximum atomic E-state index is 10.5. The smallest absolute Gasteiger partial charge is 0.229 e. The molecule has 1 aliphatic heterocycles. The molecule has 17 heavy (non-hydrogen) atoms. The lowest BCUT2D eigenvalue weighted by Crippen LogP contribution is -2.38. The fourth-order valence-electron chi connectivity index (χ4n) is 2.35. The van der Waals surface area contributed by atoms with Gasteiger partial charge in [-0.1, -0.05) is 12.1 Å². The van der Waals surface area contributed by atoms with Crippen molar-refractivity contribution in [1.29, 1.82) is 0 Å². The van der Waals surface area contributed by atoms with Gasteiger partial charge in [-0.3, -0.25) is 0 Å². The fraction of sp³-hybridized carbons (Fsp3) is 0.833. The molecule has 0 spiro atoms. The predicted octanol–water partition coefficient (Wildman–Crippen LogP) is 1.49. The standard InChI is InChI=1S/C12H20N2O3/c1-4-5-10-13-11(17-14-10)7-12(15)6-8(2)16-9(12)3/h8-9,15H,4-7H2,1-3H3/t8-,9-,12+/m0/s1. The summed E-state index contributed by atoms with van der Waals surface area (Å²) in [6.07, 6.45) is 2.66. The molecule has 1 saturated heterocycles. The van der Waals surface area contributed by atoms with Gasteiger partial charge >= 0.3 is 0 Å². The Hall–Kier alpha value is -0.940. The first kappa shape index (κ1) is 12.5. The van der Waals surface area contributed by atoms with E-state index in [9.17, 15) is 5.11 Å². The Labute approximate surface area is 101 Å². The number of hydrogen-bond donors (Lipinski definition) is 1. The minimum absolute atomic E-state index is 0.0769. The van der Waals surface area contributed by atoms with Crippen LogP contribution in [0.25, 0.3) is 0 Å². The Bertz CT molecular complexity index is 380. The van der Waals surface area contributed by atoms with Crippen molar-refractivity contribution in [1.82, 2.24) is 10.1 Å². The first-order valence-corrected chi connectivity index (χ1v) is 6.23. The lowest BCUT2D eigenvalue weighted by molar-refractivity contribution is -0.0385. The van der Waals surface area contributed by atoms with E-state index < -0.39 is 5.60 Å². The molecule has 0 bridgehead atoms. The molecule has 2 heterocycles. The average Bonchev–Trinajstić information content (AvgIpc) is 2.74. The van der Waals surface area contributed by atoms with Crippen LogP contribution >= 0.6 is 0 Å². The van der Waals surface area contributed by atoms with Gasteiger partial charge in [0.05, 0.1) is 18.6 Å². The van der Waals surface area contributed by atoms with Gasteiger partial charge in [-0.25, -0.2) is 0 Å². The Morgan fingerprint density at radius 2 is 2.24 bits per heavy atom. The number of rotatable bonds is 4. The van der Waals surface area contributed by atoms with Crippen LogP contribution in [0.3, 0.4) is 0 Å². The van der Waals surface area contributed by atoms with E-state index in [1.54, 1.807) is 0 Å². The zero-order chi connectivity index (χ0) is 12.5. The number of aromatic nitrogens is 2. The minimum atomic E-state index is -0.880. The van der Waals surface area contributed by atoms with E-state index in [1.807, 2.05) is 13.8 Å². The van der Waals surface area contributed by atoms with Gasteiger partial charge in [-0.15, -0.1) is 0 Å². The minimum Gasteiger partial charge on any atom is -0.387 e. The number of hydrogen-bond acceptors (Lipinski definition) is 5. The summed E-state index contributed by atoms with van der Waals surface area (Å²) in [5, 5.41) is 14.4. The van der Waals surface area contributed by atoms with E-state index in [2.05, 4.69) is 17.1 Å². The third-order valence-electron chi connectivity index (χ3n) is 3.28. The molecule has 5 nitrogen and oxygen atoms in total. The second-order valence-electron chi connectivity index (χ2n) is 4.93. The van der Waals surface area contributed by atoms with Crippen LogP contribution in [0, 0.1) is 0 Å². The number of aryl methyl sites for hydroxylation is 1. The molecule has 3 atom stereocenters. The molecule has 0 radical (unpaired) electrons. The van der Waals surface area contributed by atoms with E-state index in [1.165, 1.54) is 0 Å². The van der Waals surface area contributed by atoms with E-state index in [0.717, 1.165) is 12.8 Å². The van der Waals surface area contributed by atoms with E-state index in [4.69, 9.17) is 9.26 Å². The topological polar surface area (TPSA) is 68.4 Å². The lowest BCUT2D eigenvalue weighted by Gasteiger charge is -2.23. The van der Waals surface area contributed by atoms with Crippen LogP contribution in [0.4, 0.5) is 0 Å². The van der Waals surface area contributed by atoms with Crippen molar-refractivity contribution in [2.24, 2.45) is 0 Å². The highest BCUT2D eigenvalue weighted by atomic mass is 16.5. The zero-order valence-electron chi connectivity index (χ0n) is 10.6. The number of nitrogens with zero attached hydrogens (tertiary/aromatic N) is 2. The Kier molecular flexibility index (Phi) is 3.49. The second-order valence-corrected chi connectivity index (χ2v) is 4.93. The summed E-state index contributed by atoms with van der Waals surface area (Å²) in [5.74, 6) is 1.21. The molecular formula is C12H20N2O3. The van der Waals surface area contributed by atoms with Crippen LogP contribution in [0.5, 0.6) is 0 Å². The number of aliphatic hydroxyl groups is 1. The second kappa shape index (κ2) is 4.74. The quantitative estimate of drug-likeness (QED) is 0.863. The van der Waals surface area contributed by atoms with Gasteiger partial charge < -0.3 is 14.4 Å². The summed E-state index contributed by atoms with van der Waals surface area (Å²) in [6, 6.07) is 0. The largest absolute Gasteiger partial charge is 0.387 e. The van der Waals surface area contributed by atoms with Gasteiger partial charge in [0, 0.05) is 12.8 Å². The molecule has 2 rings (SSSR count). The molecule has 0 aliphatic carbocycles. The Balaban J connectivity index is 2.04. The van der Waals surface area contributed by atoms with Crippen LogP contribution in [0.2, 0.25) is 0 Å². The molecule has 0 amide bonds. The number of ether oxygens (including phenoxy) is 1. The van der Waals surface area contributed by atoms with Crippen molar-refractivity contribution in [3.05, 3.63) is 11.7 Å². The van der Waals surface area contributed by atoms with Crippen LogP contribution in [0.15, 0.2) is 4.52 Å². The van der Waals surface area contributed by atoms with Gasteiger partial charge in [0.15, 0.2) is 5.82 Å². The third kappa shape index (κ3) is 2.66. The molecular weight excluding hydrogens is 220 g/mol. The highest BCUT2D eigenvalue weighted by Gasteiger charge is 2.44. The molecule has 0 saturated carbocycles. The van der Waals surface area contributed by atoms with Crippen molar-refractivity contribution in [3.8, 4) is 0 Å². The predicted molar refractivity (Wildman–Crippen MR) is 61.6 cm³/mol. The summed E-state index contributed by atoms with van der Waals surface area (Å²) in [7, 11) is 0. The van der Waals surface area contributed by atoms with Crippen molar-refractivity contribution >= 4 is 0 Å². The average molecular weight is 240 g/mol. The fourth-order valence-corrected chi connectivity index (χ4v) is 2.35. The summed E-state index contributed by atoms with van der Waals surface area (Å²) in [5.41, 5.74) is -0.880. The third-order valence-corrected chi connectivity index (χ3v) is 3.28. The first-order chi connectivity index (χ1) is 8.03. The van der Waals surface area contributed by atoms with Gasteiger partial charge in [-0.2, -0.15) is 4.98 Å². The van der Waals surface area contributed by atoms with Gasteiger partial charge in [0.1, 0.15) is 5.60 Å². The molecule has 1 aromatic heterocycles. The molecule has 0 aromatic carbocycles. The molecule has 5 heteroatoms. The van der Waals surface area contributed by atoms with E-state index in [0.29, 0.717) is 24.6 Å². The zero-order valence-corrected chi connectivity index (χ0v) is 10.6. The first-order valence-electron chi connectivity index (χ1n) is 6.23. The van der Waals surface area contributed by atoms with E-state index in [-0.39, 0.29) is 12.2 Å². The van der Waals surface area contributed by atoms with Crippen LogP contribution < -0.4 is 0 Å². The van der Waals surface area contributed by atoms with Crippen molar-refractivity contribution < 1.29 is 14.4 Å². The molecule has 1 fully saturated rings. The monoisotopic (exact) mass is 240 g/mol. The van der Waals surface area contributed by atoms with Crippen LogP contribution in [-0.2, 0) is 17.6 Å². The van der Waals surface area contributed by atoms with Crippen molar-refractivity contribution in [2.75, 3.05) is 0 Å². The normalized spacial score (nSPS) is 33.2. The summed E-state index contributed by atoms with van der Waals surface area (Å²) >= 11 is 0. The highest BCUT2D eigenvalue weighted by molar-refractivity contribution is 5.00. The SMILES string of the molecule is CCCc1noc(C[C@]2(O)C[C@H](C)O[C@H]2C)n1. The molecule has 1 aromatic rings. The van der Waals surface area contributed by atoms with Crippen LogP contribution in [0.1, 0.15) is 45.3 Å². The highest BCUT2D eigenvalue weighted by Crippen LogP contribution is 2.32. The van der Waals surface area contributed by atoms with Crippen molar-refractivity contribution in [3.63, 3.8) is 0 Å². The summed E-state index contributed by atoms with van der Waals surface area (Å²) in [6.45, 7) is 5.91. The lowest BCUT2D eigenvalue weighted by atomic mass is 9.91. The Morgan fingerprint density at radius 3 is 2.82 bits per heavy atom.